The predicted molar refractivity (Wildman–Crippen MR) is 101 cm³/mol. The van der Waals surface area contributed by atoms with Crippen LogP contribution in [-0.4, -0.2) is 26.2 Å². The molecule has 2 N–H and O–H groups in total. The van der Waals surface area contributed by atoms with Crippen LogP contribution in [0, 0.1) is 0 Å². The highest BCUT2D eigenvalue weighted by Gasteiger charge is 2.19. The summed E-state index contributed by atoms with van der Waals surface area (Å²) in [4.78, 5) is 12.5. The Kier molecular flexibility index (Phi) is 6.67. The van der Waals surface area contributed by atoms with Gasteiger partial charge in [-0.2, -0.15) is 0 Å². The summed E-state index contributed by atoms with van der Waals surface area (Å²) < 4.78 is 10.6. The van der Waals surface area contributed by atoms with Crippen molar-refractivity contribution < 1.29 is 14.3 Å². The third kappa shape index (κ3) is 4.87. The van der Waals surface area contributed by atoms with Gasteiger partial charge in [-0.1, -0.05) is 29.8 Å². The number of methoxy groups -OCH3 is 2. The van der Waals surface area contributed by atoms with Crippen molar-refractivity contribution in [2.45, 2.75) is 25.9 Å². The van der Waals surface area contributed by atoms with Gasteiger partial charge in [0.2, 0.25) is 5.91 Å². The van der Waals surface area contributed by atoms with Gasteiger partial charge in [0.1, 0.15) is 11.5 Å². The molecule has 0 aliphatic rings. The molecule has 6 heteroatoms. The standard InChI is InChI=1S/C19H23ClN2O3/c1-12(15-7-5-6-8-17(15)24-3)21-13(2)19(23)22-16-11-14(20)9-10-18(16)25-4/h5-13,21H,1-4H3,(H,22,23)/t12-,13-/m0/s1. The van der Waals surface area contributed by atoms with Crippen molar-refractivity contribution in [2.24, 2.45) is 0 Å². The highest BCUT2D eigenvalue weighted by atomic mass is 35.5. The number of para-hydroxylation sites is 1. The van der Waals surface area contributed by atoms with Gasteiger partial charge in [0, 0.05) is 16.6 Å². The number of benzene rings is 2. The van der Waals surface area contributed by atoms with Crippen LogP contribution in [0.1, 0.15) is 25.5 Å². The Balaban J connectivity index is 2.06. The van der Waals surface area contributed by atoms with Crippen molar-refractivity contribution in [3.8, 4) is 11.5 Å². The van der Waals surface area contributed by atoms with Gasteiger partial charge in [0.25, 0.3) is 0 Å². The summed E-state index contributed by atoms with van der Waals surface area (Å²) in [6, 6.07) is 12.3. The highest BCUT2D eigenvalue weighted by Crippen LogP contribution is 2.28. The van der Waals surface area contributed by atoms with Gasteiger partial charge in [-0.15, -0.1) is 0 Å². The lowest BCUT2D eigenvalue weighted by molar-refractivity contribution is -0.118. The Morgan fingerprint density at radius 2 is 1.72 bits per heavy atom. The molecule has 0 aromatic heterocycles. The summed E-state index contributed by atoms with van der Waals surface area (Å²) in [6.07, 6.45) is 0. The van der Waals surface area contributed by atoms with E-state index in [9.17, 15) is 4.79 Å². The van der Waals surface area contributed by atoms with Crippen LogP contribution in [0.4, 0.5) is 5.69 Å². The molecule has 0 unspecified atom stereocenters. The van der Waals surface area contributed by atoms with Crippen LogP contribution in [0.15, 0.2) is 42.5 Å². The predicted octanol–water partition coefficient (Wildman–Crippen LogP) is 4.04. The fourth-order valence-corrected chi connectivity index (χ4v) is 2.76. The van der Waals surface area contributed by atoms with Crippen molar-refractivity contribution in [1.82, 2.24) is 5.32 Å². The molecule has 2 aromatic rings. The van der Waals surface area contributed by atoms with E-state index in [2.05, 4.69) is 10.6 Å². The molecule has 0 heterocycles. The van der Waals surface area contributed by atoms with Gasteiger partial charge in [-0.3, -0.25) is 10.1 Å². The lowest BCUT2D eigenvalue weighted by atomic mass is 10.1. The summed E-state index contributed by atoms with van der Waals surface area (Å²) in [6.45, 7) is 3.79. The zero-order valence-corrected chi connectivity index (χ0v) is 15.6. The monoisotopic (exact) mass is 362 g/mol. The first-order valence-electron chi connectivity index (χ1n) is 7.99. The molecular weight excluding hydrogens is 340 g/mol. The minimum absolute atomic E-state index is 0.0573. The van der Waals surface area contributed by atoms with Gasteiger partial charge in [-0.05, 0) is 38.1 Å². The number of amides is 1. The Hall–Kier alpha value is -2.24. The van der Waals surface area contributed by atoms with E-state index < -0.39 is 6.04 Å². The third-order valence-electron chi connectivity index (χ3n) is 3.92. The van der Waals surface area contributed by atoms with E-state index in [1.54, 1.807) is 39.3 Å². The van der Waals surface area contributed by atoms with Gasteiger partial charge < -0.3 is 14.8 Å². The molecule has 0 fully saturated rings. The number of carbonyl (C=O) groups excluding carboxylic acids is 1. The molecule has 0 aliphatic heterocycles. The van der Waals surface area contributed by atoms with Crippen LogP contribution in [0.5, 0.6) is 11.5 Å². The number of hydrogen-bond donors (Lipinski definition) is 2. The van der Waals surface area contributed by atoms with E-state index in [0.717, 1.165) is 11.3 Å². The van der Waals surface area contributed by atoms with Gasteiger partial charge in [-0.25, -0.2) is 0 Å². The van der Waals surface area contributed by atoms with Crippen LogP contribution in [0.3, 0.4) is 0 Å². The molecule has 5 nitrogen and oxygen atoms in total. The molecule has 1 amide bonds. The summed E-state index contributed by atoms with van der Waals surface area (Å²) in [5, 5.41) is 6.65. The van der Waals surface area contributed by atoms with Crippen LogP contribution in [-0.2, 0) is 4.79 Å². The molecule has 0 radical (unpaired) electrons. The minimum atomic E-state index is -0.427. The average Bonchev–Trinajstić information content (AvgIpc) is 2.61. The molecule has 0 spiro atoms. The number of nitrogens with one attached hydrogen (secondary N) is 2. The van der Waals surface area contributed by atoms with Crippen molar-refractivity contribution in [1.29, 1.82) is 0 Å². The maximum atomic E-state index is 12.5. The molecule has 0 bridgehead atoms. The van der Waals surface area contributed by atoms with E-state index in [1.807, 2.05) is 31.2 Å². The summed E-state index contributed by atoms with van der Waals surface area (Å²) in [5.74, 6) is 1.16. The lowest BCUT2D eigenvalue weighted by Crippen LogP contribution is -2.39. The number of anilines is 1. The molecule has 0 aliphatic carbocycles. The number of ether oxygens (including phenoxy) is 2. The average molecular weight is 363 g/mol. The number of hydrogen-bond acceptors (Lipinski definition) is 4. The first-order chi connectivity index (χ1) is 12.0. The number of halogens is 1. The fraction of sp³-hybridized carbons (Fsp3) is 0.316. The van der Waals surface area contributed by atoms with E-state index >= 15 is 0 Å². The van der Waals surface area contributed by atoms with Crippen molar-refractivity contribution in [3.05, 3.63) is 53.1 Å². The zero-order valence-electron chi connectivity index (χ0n) is 14.8. The van der Waals surface area contributed by atoms with Gasteiger partial charge in [0.05, 0.1) is 25.9 Å². The highest BCUT2D eigenvalue weighted by molar-refractivity contribution is 6.31. The van der Waals surface area contributed by atoms with Gasteiger partial charge >= 0.3 is 0 Å². The minimum Gasteiger partial charge on any atom is -0.496 e. The Morgan fingerprint density at radius 1 is 1.04 bits per heavy atom. The van der Waals surface area contributed by atoms with E-state index in [-0.39, 0.29) is 11.9 Å². The third-order valence-corrected chi connectivity index (χ3v) is 4.15. The molecule has 25 heavy (non-hydrogen) atoms. The first kappa shape index (κ1) is 19.1. The second-order valence-corrected chi connectivity index (χ2v) is 6.12. The molecular formula is C19H23ClN2O3. The summed E-state index contributed by atoms with van der Waals surface area (Å²) in [5.41, 5.74) is 1.53. The summed E-state index contributed by atoms with van der Waals surface area (Å²) >= 11 is 6.00. The van der Waals surface area contributed by atoms with E-state index in [0.29, 0.717) is 16.5 Å². The maximum absolute atomic E-state index is 12.5. The summed E-state index contributed by atoms with van der Waals surface area (Å²) in [7, 11) is 3.18. The topological polar surface area (TPSA) is 59.6 Å². The number of rotatable bonds is 7. The normalized spacial score (nSPS) is 13.0. The van der Waals surface area contributed by atoms with Crippen molar-refractivity contribution in [2.75, 3.05) is 19.5 Å². The Morgan fingerprint density at radius 3 is 2.40 bits per heavy atom. The van der Waals surface area contributed by atoms with Crippen LogP contribution in [0.25, 0.3) is 0 Å². The number of carbonyl (C=O) groups is 1. The first-order valence-corrected chi connectivity index (χ1v) is 8.37. The SMILES string of the molecule is COc1ccc(Cl)cc1NC(=O)[C@H](C)N[C@@H](C)c1ccccc1OC. The largest absolute Gasteiger partial charge is 0.496 e. The molecule has 2 rings (SSSR count). The second-order valence-electron chi connectivity index (χ2n) is 5.69. The van der Waals surface area contributed by atoms with Crippen LogP contribution >= 0.6 is 11.6 Å². The zero-order chi connectivity index (χ0) is 18.4. The smallest absolute Gasteiger partial charge is 0.241 e. The molecule has 2 atom stereocenters. The molecule has 0 saturated carbocycles. The second kappa shape index (κ2) is 8.74. The van der Waals surface area contributed by atoms with E-state index in [1.165, 1.54) is 0 Å². The fourth-order valence-electron chi connectivity index (χ4n) is 2.58. The molecule has 0 saturated heterocycles. The Labute approximate surface area is 153 Å². The van der Waals surface area contributed by atoms with Crippen LogP contribution in [0.2, 0.25) is 5.02 Å². The van der Waals surface area contributed by atoms with Gasteiger partial charge in [0.15, 0.2) is 0 Å². The van der Waals surface area contributed by atoms with Crippen LogP contribution < -0.4 is 20.1 Å². The maximum Gasteiger partial charge on any atom is 0.241 e. The molecule has 134 valence electrons. The Bertz CT molecular complexity index is 736. The lowest BCUT2D eigenvalue weighted by Gasteiger charge is -2.22. The van der Waals surface area contributed by atoms with Crippen molar-refractivity contribution >= 4 is 23.2 Å². The molecule has 2 aromatic carbocycles. The quantitative estimate of drug-likeness (QED) is 0.780. The van der Waals surface area contributed by atoms with Crippen molar-refractivity contribution in [3.63, 3.8) is 0 Å². The van der Waals surface area contributed by atoms with E-state index in [4.69, 9.17) is 21.1 Å².